The Balaban J connectivity index is 1.17. The van der Waals surface area contributed by atoms with Crippen molar-refractivity contribution in [2.24, 2.45) is 11.8 Å². The van der Waals surface area contributed by atoms with Crippen LogP contribution in [0, 0.1) is 39.5 Å². The van der Waals surface area contributed by atoms with E-state index in [2.05, 4.69) is 198 Å². The van der Waals surface area contributed by atoms with E-state index in [1.165, 1.54) is 93.2 Å². The molecule has 9 aromatic rings. The molecular formula is C56H42O. The Morgan fingerprint density at radius 3 is 1.49 bits per heavy atom. The molecule has 1 nitrogen and oxygen atoms in total. The quantitative estimate of drug-likeness (QED) is 0.164. The molecule has 11 rings (SSSR count). The number of para-hydroxylation sites is 1. The van der Waals surface area contributed by atoms with Crippen LogP contribution < -0.4 is 10.4 Å². The summed E-state index contributed by atoms with van der Waals surface area (Å²) in [5.74, 6) is 0.375. The Morgan fingerprint density at radius 2 is 0.877 bits per heavy atom. The van der Waals surface area contributed by atoms with Gasteiger partial charge in [0.15, 0.2) is 0 Å². The first-order chi connectivity index (χ1) is 28.0. The summed E-state index contributed by atoms with van der Waals surface area (Å²) in [7, 11) is 0. The van der Waals surface area contributed by atoms with E-state index in [1.54, 1.807) is 0 Å². The Labute approximate surface area is 333 Å². The summed E-state index contributed by atoms with van der Waals surface area (Å²) in [5, 5.41) is 9.91. The number of fused-ring (bicyclic) bond motifs is 7. The van der Waals surface area contributed by atoms with E-state index >= 15 is 0 Å². The van der Waals surface area contributed by atoms with Crippen LogP contribution in [0.25, 0.3) is 76.9 Å². The van der Waals surface area contributed by atoms with Crippen molar-refractivity contribution in [2.45, 2.75) is 27.7 Å². The van der Waals surface area contributed by atoms with Gasteiger partial charge in [-0.05, 0) is 133 Å². The van der Waals surface area contributed by atoms with Crippen molar-refractivity contribution in [2.75, 3.05) is 0 Å². The van der Waals surface area contributed by atoms with E-state index in [-0.39, 0.29) is 11.8 Å². The number of rotatable bonds is 4. The van der Waals surface area contributed by atoms with Crippen LogP contribution >= 0.6 is 0 Å². The largest absolute Gasteiger partial charge is 0.455 e. The lowest BCUT2D eigenvalue weighted by Gasteiger charge is -2.34. The topological polar surface area (TPSA) is 13.1 Å². The van der Waals surface area contributed by atoms with Crippen LogP contribution in [0.15, 0.2) is 174 Å². The lowest BCUT2D eigenvalue weighted by molar-refractivity contribution is 0.659. The summed E-state index contributed by atoms with van der Waals surface area (Å²) in [4.78, 5) is 0. The van der Waals surface area contributed by atoms with E-state index < -0.39 is 0 Å². The third kappa shape index (κ3) is 5.02. The Kier molecular flexibility index (Phi) is 7.63. The van der Waals surface area contributed by atoms with E-state index in [1.807, 2.05) is 0 Å². The van der Waals surface area contributed by atoms with Gasteiger partial charge >= 0.3 is 0 Å². The number of furan rings is 1. The second-order valence-electron chi connectivity index (χ2n) is 16.1. The van der Waals surface area contributed by atoms with Crippen molar-refractivity contribution in [1.29, 1.82) is 0 Å². The highest BCUT2D eigenvalue weighted by Crippen LogP contribution is 2.48. The molecule has 0 aliphatic heterocycles. The maximum absolute atomic E-state index is 7.12. The molecule has 0 saturated carbocycles. The fourth-order valence-electron chi connectivity index (χ4n) is 10.4. The minimum atomic E-state index is 0.168. The molecule has 0 amide bonds. The van der Waals surface area contributed by atoms with Gasteiger partial charge in [0.05, 0.1) is 0 Å². The molecular weight excluding hydrogens is 689 g/mol. The zero-order valence-electron chi connectivity index (χ0n) is 32.7. The third-order valence-electron chi connectivity index (χ3n) is 12.8. The van der Waals surface area contributed by atoms with Gasteiger partial charge in [0, 0.05) is 28.2 Å². The Bertz CT molecular complexity index is 3250. The molecule has 2 unspecified atom stereocenters. The average Bonchev–Trinajstić information content (AvgIpc) is 3.61. The van der Waals surface area contributed by atoms with Gasteiger partial charge in [-0.2, -0.15) is 0 Å². The minimum Gasteiger partial charge on any atom is -0.455 e. The second kappa shape index (κ2) is 12.9. The summed E-state index contributed by atoms with van der Waals surface area (Å²) in [5.41, 5.74) is 17.4. The molecule has 0 saturated heterocycles. The lowest BCUT2D eigenvalue weighted by Crippen LogP contribution is -2.40. The van der Waals surface area contributed by atoms with Crippen LogP contribution in [-0.2, 0) is 0 Å². The summed E-state index contributed by atoms with van der Waals surface area (Å²) in [6.45, 7) is 8.97. The predicted molar refractivity (Wildman–Crippen MR) is 241 cm³/mol. The zero-order chi connectivity index (χ0) is 38.4. The fraction of sp³-hybridized carbons (Fsp3) is 0.107. The monoisotopic (exact) mass is 730 g/mol. The molecule has 0 bridgehead atoms. The first-order valence-electron chi connectivity index (χ1n) is 20.2. The third-order valence-corrected chi connectivity index (χ3v) is 12.8. The molecule has 2 aliphatic carbocycles. The van der Waals surface area contributed by atoms with Crippen molar-refractivity contribution in [3.63, 3.8) is 0 Å². The van der Waals surface area contributed by atoms with Crippen LogP contribution in [0.1, 0.15) is 33.4 Å². The number of allylic oxidation sites excluding steroid dienone is 4. The molecule has 272 valence electrons. The summed E-state index contributed by atoms with van der Waals surface area (Å²) in [6.07, 6.45) is 9.27. The van der Waals surface area contributed by atoms with Crippen LogP contribution in [0.2, 0.25) is 0 Å². The van der Waals surface area contributed by atoms with E-state index in [0.29, 0.717) is 0 Å². The van der Waals surface area contributed by atoms with Crippen LogP contribution in [-0.4, -0.2) is 0 Å². The molecule has 2 aliphatic rings. The molecule has 1 heteroatoms. The summed E-state index contributed by atoms with van der Waals surface area (Å²) in [6, 6.07) is 53.8. The average molecular weight is 731 g/mol. The SMILES string of the molecule is Cc1cccc(C)c1C1=c2ccccc2=C(c2cccc3c2oc2cc(-c4c5ccccc5c(-c5c(C)cccc5C)c5ccccc45)ccc23)C2C=CC=CC12. The molecule has 0 N–H and O–H groups in total. The molecule has 2 atom stereocenters. The Morgan fingerprint density at radius 1 is 0.386 bits per heavy atom. The van der Waals surface area contributed by atoms with E-state index in [4.69, 9.17) is 4.42 Å². The lowest BCUT2D eigenvalue weighted by atomic mass is 9.69. The van der Waals surface area contributed by atoms with E-state index in [0.717, 1.165) is 27.5 Å². The summed E-state index contributed by atoms with van der Waals surface area (Å²) < 4.78 is 7.12. The number of hydrogen-bond donors (Lipinski definition) is 0. The molecule has 0 radical (unpaired) electrons. The second-order valence-corrected chi connectivity index (χ2v) is 16.1. The number of aryl methyl sites for hydroxylation is 4. The molecule has 57 heavy (non-hydrogen) atoms. The molecule has 0 fully saturated rings. The fourth-order valence-corrected chi connectivity index (χ4v) is 10.4. The smallest absolute Gasteiger partial charge is 0.142 e. The first-order valence-corrected chi connectivity index (χ1v) is 20.2. The maximum atomic E-state index is 7.12. The highest BCUT2D eigenvalue weighted by Gasteiger charge is 2.34. The highest BCUT2D eigenvalue weighted by atomic mass is 16.3. The van der Waals surface area contributed by atoms with Crippen LogP contribution in [0.4, 0.5) is 0 Å². The van der Waals surface area contributed by atoms with Gasteiger partial charge in [-0.1, -0.05) is 158 Å². The minimum absolute atomic E-state index is 0.168. The van der Waals surface area contributed by atoms with Crippen LogP contribution in [0.5, 0.6) is 0 Å². The van der Waals surface area contributed by atoms with Gasteiger partial charge < -0.3 is 4.42 Å². The van der Waals surface area contributed by atoms with Crippen molar-refractivity contribution in [3.05, 3.63) is 214 Å². The van der Waals surface area contributed by atoms with Gasteiger partial charge in [-0.25, -0.2) is 0 Å². The molecule has 8 aromatic carbocycles. The van der Waals surface area contributed by atoms with Crippen molar-refractivity contribution >= 4 is 54.6 Å². The van der Waals surface area contributed by atoms with Gasteiger partial charge in [-0.3, -0.25) is 0 Å². The normalized spacial score (nSPS) is 16.2. The Hall–Kier alpha value is -6.70. The zero-order valence-corrected chi connectivity index (χ0v) is 32.7. The molecule has 1 heterocycles. The van der Waals surface area contributed by atoms with Crippen molar-refractivity contribution < 1.29 is 4.42 Å². The van der Waals surface area contributed by atoms with Crippen LogP contribution in [0.3, 0.4) is 0 Å². The molecule has 0 spiro atoms. The molecule has 1 aromatic heterocycles. The predicted octanol–water partition coefficient (Wildman–Crippen LogP) is 13.2. The standard InChI is InChI=1S/C56H42O/c1-33-16-13-17-34(2)50(33)54-43-24-9-5-20-39(43)52(40-21-6-10-25-44(40)54)37-30-31-38-47-28-15-29-48(56(47)57-49(38)32-37)53-41-22-7-11-26-45(41)55(46-27-12-8-23-42(46)53)51-35(3)18-14-19-36(51)4/h5-32,41,45H,1-4H3. The van der Waals surface area contributed by atoms with Gasteiger partial charge in [-0.15, -0.1) is 0 Å². The highest BCUT2D eigenvalue weighted by molar-refractivity contribution is 6.22. The first kappa shape index (κ1) is 33.6. The number of benzene rings is 8. The number of hydrogen-bond acceptors (Lipinski definition) is 1. The van der Waals surface area contributed by atoms with Gasteiger partial charge in [0.1, 0.15) is 11.2 Å². The van der Waals surface area contributed by atoms with Crippen molar-refractivity contribution in [3.8, 4) is 22.3 Å². The maximum Gasteiger partial charge on any atom is 0.142 e. The summed E-state index contributed by atoms with van der Waals surface area (Å²) >= 11 is 0. The van der Waals surface area contributed by atoms with Gasteiger partial charge in [0.2, 0.25) is 0 Å². The van der Waals surface area contributed by atoms with Crippen molar-refractivity contribution in [1.82, 2.24) is 0 Å². The van der Waals surface area contributed by atoms with Gasteiger partial charge in [0.25, 0.3) is 0 Å². The van der Waals surface area contributed by atoms with E-state index in [9.17, 15) is 0 Å².